The largest absolute Gasteiger partial charge is 0.455 e. The number of amides is 1. The van der Waals surface area contributed by atoms with Crippen LogP contribution in [0.1, 0.15) is 28.3 Å². The third-order valence-electron chi connectivity index (χ3n) is 6.00. The Bertz CT molecular complexity index is 1200. The minimum atomic E-state index is -3.52. The lowest BCUT2D eigenvalue weighted by Crippen LogP contribution is -2.47. The molecular weight excluding hydrogens is 450 g/mol. The van der Waals surface area contributed by atoms with E-state index in [-0.39, 0.29) is 28.1 Å². The number of carbonyl (C=O) groups is 1. The molecule has 1 amide bonds. The van der Waals surface area contributed by atoms with Gasteiger partial charge >= 0.3 is 0 Å². The number of rotatable bonds is 9. The van der Waals surface area contributed by atoms with Crippen molar-refractivity contribution in [2.75, 3.05) is 44.2 Å². The number of nitrogens with zero attached hydrogens (tertiary/aromatic N) is 2. The molecule has 2 heterocycles. The lowest BCUT2D eigenvalue weighted by molar-refractivity contribution is 0.0922. The number of piperazine rings is 1. The van der Waals surface area contributed by atoms with Crippen molar-refractivity contribution in [2.45, 2.75) is 24.0 Å². The Morgan fingerprint density at radius 3 is 2.47 bits per heavy atom. The van der Waals surface area contributed by atoms with Crippen LogP contribution in [-0.4, -0.2) is 58.5 Å². The highest BCUT2D eigenvalue weighted by molar-refractivity contribution is 7.90. The monoisotopic (exact) mass is 481 g/mol. The van der Waals surface area contributed by atoms with Crippen LogP contribution in [0.2, 0.25) is 0 Å². The van der Waals surface area contributed by atoms with Gasteiger partial charge in [0.2, 0.25) is 0 Å². The Balaban J connectivity index is 1.18. The zero-order valence-electron chi connectivity index (χ0n) is 19.4. The summed E-state index contributed by atoms with van der Waals surface area (Å²) in [6.45, 7) is 7.56. The van der Waals surface area contributed by atoms with Crippen molar-refractivity contribution < 1.29 is 17.6 Å². The Morgan fingerprint density at radius 1 is 0.971 bits per heavy atom. The fraction of sp³-hybridized carbons (Fsp3) is 0.346. The Labute approximate surface area is 201 Å². The number of benzene rings is 2. The molecule has 1 saturated heterocycles. The Kier molecular flexibility index (Phi) is 7.70. The molecule has 1 aliphatic heterocycles. The predicted octanol–water partition coefficient (Wildman–Crippen LogP) is 3.50. The van der Waals surface area contributed by atoms with E-state index in [9.17, 15) is 13.2 Å². The number of hydrogen-bond acceptors (Lipinski definition) is 6. The lowest BCUT2D eigenvalue weighted by atomic mass is 10.2. The molecule has 0 atom stereocenters. The standard InChI is InChI=1S/C26H31N3O4S/c1-21-7-5-8-22(19-21)29-17-15-28(16-18-29)14-6-13-27-26(30)25-12-11-23(33-25)20-34(31,32)24-9-3-2-4-10-24/h2-5,7-12,19H,6,13-18,20H2,1H3,(H,27,30). The van der Waals surface area contributed by atoms with Crippen molar-refractivity contribution in [3.8, 4) is 0 Å². The molecule has 180 valence electrons. The number of hydrogen-bond donors (Lipinski definition) is 1. The number of sulfone groups is 1. The van der Waals surface area contributed by atoms with Gasteiger partial charge in [0.15, 0.2) is 15.6 Å². The van der Waals surface area contributed by atoms with Crippen molar-refractivity contribution in [1.82, 2.24) is 10.2 Å². The number of furan rings is 1. The van der Waals surface area contributed by atoms with Gasteiger partial charge in [-0.3, -0.25) is 9.69 Å². The first-order valence-corrected chi connectivity index (χ1v) is 13.2. The van der Waals surface area contributed by atoms with Gasteiger partial charge in [-0.2, -0.15) is 0 Å². The summed E-state index contributed by atoms with van der Waals surface area (Å²) in [5, 5.41) is 2.87. The Morgan fingerprint density at radius 2 is 1.74 bits per heavy atom. The molecule has 0 bridgehead atoms. The van der Waals surface area contributed by atoms with E-state index in [1.807, 2.05) is 0 Å². The normalized spacial score (nSPS) is 14.8. The highest BCUT2D eigenvalue weighted by Gasteiger charge is 2.20. The van der Waals surface area contributed by atoms with Gasteiger partial charge in [0.05, 0.1) is 4.90 Å². The van der Waals surface area contributed by atoms with Gasteiger partial charge in [0.25, 0.3) is 5.91 Å². The van der Waals surface area contributed by atoms with Crippen LogP contribution in [0.15, 0.2) is 76.0 Å². The van der Waals surface area contributed by atoms with Crippen LogP contribution in [-0.2, 0) is 15.6 Å². The first-order valence-electron chi connectivity index (χ1n) is 11.6. The summed E-state index contributed by atoms with van der Waals surface area (Å²) >= 11 is 0. The van der Waals surface area contributed by atoms with E-state index < -0.39 is 9.84 Å². The molecule has 2 aromatic carbocycles. The second-order valence-corrected chi connectivity index (χ2v) is 10.6. The van der Waals surface area contributed by atoms with Gasteiger partial charge in [-0.25, -0.2) is 8.42 Å². The number of nitrogens with one attached hydrogen (secondary N) is 1. The van der Waals surface area contributed by atoms with Crippen molar-refractivity contribution in [2.24, 2.45) is 0 Å². The number of carbonyl (C=O) groups excluding carboxylic acids is 1. The van der Waals surface area contributed by atoms with Gasteiger partial charge in [-0.15, -0.1) is 0 Å². The summed E-state index contributed by atoms with van der Waals surface area (Å²) in [6, 6.07) is 19.9. The number of anilines is 1. The van der Waals surface area contributed by atoms with E-state index in [1.165, 1.54) is 17.3 Å². The zero-order valence-corrected chi connectivity index (χ0v) is 20.3. The fourth-order valence-electron chi connectivity index (χ4n) is 4.12. The van der Waals surface area contributed by atoms with E-state index in [4.69, 9.17) is 4.42 Å². The van der Waals surface area contributed by atoms with Crippen LogP contribution in [0.5, 0.6) is 0 Å². The van der Waals surface area contributed by atoms with Gasteiger partial charge in [-0.1, -0.05) is 30.3 Å². The second-order valence-electron chi connectivity index (χ2n) is 8.62. The van der Waals surface area contributed by atoms with Crippen LogP contribution in [0.25, 0.3) is 0 Å². The Hall–Kier alpha value is -3.10. The second kappa shape index (κ2) is 10.9. The van der Waals surface area contributed by atoms with Crippen LogP contribution in [0.3, 0.4) is 0 Å². The molecule has 0 aliphatic carbocycles. The molecule has 4 rings (SSSR count). The average molecular weight is 482 g/mol. The third kappa shape index (κ3) is 6.27. The summed E-state index contributed by atoms with van der Waals surface area (Å²) < 4.78 is 30.5. The number of aryl methyl sites for hydroxylation is 1. The maximum absolute atomic E-state index is 12.5. The fourth-order valence-corrected chi connectivity index (χ4v) is 5.39. The van der Waals surface area contributed by atoms with Gasteiger partial charge in [0, 0.05) is 38.4 Å². The smallest absolute Gasteiger partial charge is 0.286 e. The van der Waals surface area contributed by atoms with E-state index in [1.54, 1.807) is 36.4 Å². The van der Waals surface area contributed by atoms with Crippen LogP contribution < -0.4 is 10.2 Å². The summed E-state index contributed by atoms with van der Waals surface area (Å²) in [5.74, 6) is -0.225. The predicted molar refractivity (Wildman–Crippen MR) is 133 cm³/mol. The van der Waals surface area contributed by atoms with Gasteiger partial charge < -0.3 is 14.6 Å². The van der Waals surface area contributed by atoms with Crippen molar-refractivity contribution in [3.05, 3.63) is 83.8 Å². The van der Waals surface area contributed by atoms with Crippen LogP contribution in [0, 0.1) is 6.92 Å². The zero-order chi connectivity index (χ0) is 24.0. The van der Waals surface area contributed by atoms with Crippen molar-refractivity contribution in [3.63, 3.8) is 0 Å². The molecule has 3 aromatic rings. The summed E-state index contributed by atoms with van der Waals surface area (Å²) in [7, 11) is -3.52. The van der Waals surface area contributed by atoms with Crippen LogP contribution >= 0.6 is 0 Å². The molecule has 34 heavy (non-hydrogen) atoms. The van der Waals surface area contributed by atoms with Crippen molar-refractivity contribution in [1.29, 1.82) is 0 Å². The maximum atomic E-state index is 12.5. The van der Waals surface area contributed by atoms with E-state index in [0.717, 1.165) is 39.1 Å². The molecule has 1 aliphatic rings. The van der Waals surface area contributed by atoms with Crippen LogP contribution in [0.4, 0.5) is 5.69 Å². The van der Waals surface area contributed by atoms with E-state index >= 15 is 0 Å². The average Bonchev–Trinajstić information content (AvgIpc) is 3.30. The molecule has 1 fully saturated rings. The van der Waals surface area contributed by atoms with Crippen molar-refractivity contribution >= 4 is 21.4 Å². The first-order chi connectivity index (χ1) is 16.4. The summed E-state index contributed by atoms with van der Waals surface area (Å²) in [5.41, 5.74) is 2.55. The maximum Gasteiger partial charge on any atom is 0.286 e. The minimum Gasteiger partial charge on any atom is -0.455 e. The summed E-state index contributed by atoms with van der Waals surface area (Å²) in [4.78, 5) is 17.5. The molecule has 8 heteroatoms. The SMILES string of the molecule is Cc1cccc(N2CCN(CCCNC(=O)c3ccc(CS(=O)(=O)c4ccccc4)o3)CC2)c1. The minimum absolute atomic E-state index is 0.130. The lowest BCUT2D eigenvalue weighted by Gasteiger charge is -2.36. The van der Waals surface area contributed by atoms with Gasteiger partial charge in [0.1, 0.15) is 11.5 Å². The van der Waals surface area contributed by atoms with Gasteiger partial charge in [-0.05, 0) is 61.9 Å². The van der Waals surface area contributed by atoms with E-state index in [0.29, 0.717) is 6.54 Å². The molecular formula is C26H31N3O4S. The molecule has 0 unspecified atom stereocenters. The molecule has 1 N–H and O–H groups in total. The molecule has 0 radical (unpaired) electrons. The highest BCUT2D eigenvalue weighted by Crippen LogP contribution is 2.19. The summed E-state index contributed by atoms with van der Waals surface area (Å²) in [6.07, 6.45) is 0.839. The first kappa shape index (κ1) is 24.0. The molecule has 7 nitrogen and oxygen atoms in total. The van der Waals surface area contributed by atoms with E-state index in [2.05, 4.69) is 46.3 Å². The quantitative estimate of drug-likeness (QED) is 0.471. The third-order valence-corrected chi connectivity index (χ3v) is 7.65. The molecule has 0 saturated carbocycles. The topological polar surface area (TPSA) is 82.9 Å². The molecule has 0 spiro atoms. The highest BCUT2D eigenvalue weighted by atomic mass is 32.2. The molecule has 1 aromatic heterocycles.